The summed E-state index contributed by atoms with van der Waals surface area (Å²) < 4.78 is 33.3. The highest BCUT2D eigenvalue weighted by atomic mass is 32.2. The summed E-state index contributed by atoms with van der Waals surface area (Å²) in [6, 6.07) is 16.4. The summed E-state index contributed by atoms with van der Waals surface area (Å²) >= 11 is 0. The van der Waals surface area contributed by atoms with Crippen LogP contribution in [0.25, 0.3) is 5.69 Å². The quantitative estimate of drug-likeness (QED) is 0.609. The van der Waals surface area contributed by atoms with Crippen molar-refractivity contribution < 1.29 is 17.9 Å². The average molecular weight is 396 g/mol. The Labute approximate surface area is 162 Å². The minimum absolute atomic E-state index is 0.0246. The molecule has 0 fully saturated rings. The molecule has 1 N–H and O–H groups in total. The van der Waals surface area contributed by atoms with Gasteiger partial charge in [0.25, 0.3) is 0 Å². The molecule has 2 aromatic carbocycles. The number of carbonyl (C=O) groups excluding carboxylic acids is 1. The molecule has 3 rings (SSSR count). The van der Waals surface area contributed by atoms with Crippen molar-refractivity contribution in [3.05, 3.63) is 78.1 Å². The number of aromatic nitrogens is 2. The predicted octanol–water partition coefficient (Wildman–Crippen LogP) is 1.77. The lowest BCUT2D eigenvalue weighted by Crippen LogP contribution is -2.30. The molecule has 142 valence electrons. The molecule has 0 spiro atoms. The van der Waals surface area contributed by atoms with Gasteiger partial charge in [-0.1, -0.05) is 12.1 Å². The Morgan fingerprint density at radius 1 is 1.14 bits per heavy atom. The van der Waals surface area contributed by atoms with Crippen LogP contribution >= 0.6 is 0 Å². The monoisotopic (exact) mass is 396 g/mol. The zero-order valence-electron chi connectivity index (χ0n) is 14.6. The molecule has 0 aliphatic carbocycles. The van der Waals surface area contributed by atoms with Crippen LogP contribution in [0.4, 0.5) is 0 Å². The third-order valence-electron chi connectivity index (χ3n) is 3.81. The molecule has 8 nitrogen and oxygen atoms in total. The Hall–Kier alpha value is -3.48. The van der Waals surface area contributed by atoms with Gasteiger partial charge in [0.05, 0.1) is 22.2 Å². The van der Waals surface area contributed by atoms with Crippen LogP contribution in [-0.2, 0) is 26.2 Å². The molecular weight excluding hydrogens is 380 g/mol. The fourth-order valence-corrected chi connectivity index (χ4v) is 3.30. The van der Waals surface area contributed by atoms with E-state index in [0.717, 1.165) is 11.3 Å². The number of hydrogen-bond acceptors (Lipinski definition) is 6. The van der Waals surface area contributed by atoms with Crippen LogP contribution < -0.4 is 4.72 Å². The Bertz CT molecular complexity index is 1080. The van der Waals surface area contributed by atoms with Gasteiger partial charge in [-0.15, -0.1) is 0 Å². The number of hydrogen-bond donors (Lipinski definition) is 1. The third-order valence-corrected chi connectivity index (χ3v) is 5.22. The molecule has 0 unspecified atom stereocenters. The molecule has 0 aliphatic rings. The van der Waals surface area contributed by atoms with E-state index in [1.807, 2.05) is 30.5 Å². The van der Waals surface area contributed by atoms with Crippen molar-refractivity contribution in [2.24, 2.45) is 0 Å². The lowest BCUT2D eigenvalue weighted by Gasteiger charge is -2.08. The molecule has 1 heterocycles. The van der Waals surface area contributed by atoms with Crippen molar-refractivity contribution in [2.45, 2.75) is 11.5 Å². The number of sulfonamides is 1. The van der Waals surface area contributed by atoms with Crippen LogP contribution in [-0.4, -0.2) is 30.7 Å². The van der Waals surface area contributed by atoms with Gasteiger partial charge >= 0.3 is 5.97 Å². The van der Waals surface area contributed by atoms with Gasteiger partial charge in [-0.05, 0) is 48.0 Å². The van der Waals surface area contributed by atoms with Gasteiger partial charge in [-0.2, -0.15) is 15.1 Å². The topological polar surface area (TPSA) is 114 Å². The van der Waals surface area contributed by atoms with Crippen LogP contribution in [0.3, 0.4) is 0 Å². The molecule has 1 aromatic heterocycles. The van der Waals surface area contributed by atoms with Gasteiger partial charge in [0.1, 0.15) is 13.2 Å². The average Bonchev–Trinajstić information content (AvgIpc) is 3.26. The van der Waals surface area contributed by atoms with E-state index in [-0.39, 0.29) is 11.5 Å². The van der Waals surface area contributed by atoms with E-state index >= 15 is 0 Å². The molecule has 3 aromatic rings. The Kier molecular flexibility index (Phi) is 5.84. The second kappa shape index (κ2) is 8.47. The van der Waals surface area contributed by atoms with Gasteiger partial charge in [0.15, 0.2) is 0 Å². The van der Waals surface area contributed by atoms with Gasteiger partial charge < -0.3 is 4.74 Å². The first kappa shape index (κ1) is 19.3. The van der Waals surface area contributed by atoms with Crippen molar-refractivity contribution in [1.29, 1.82) is 5.26 Å². The number of ether oxygens (including phenoxy) is 1. The minimum atomic E-state index is -3.86. The van der Waals surface area contributed by atoms with Gasteiger partial charge in [-0.25, -0.2) is 13.1 Å². The van der Waals surface area contributed by atoms with Gasteiger partial charge in [0, 0.05) is 12.4 Å². The van der Waals surface area contributed by atoms with E-state index in [9.17, 15) is 13.2 Å². The lowest BCUT2D eigenvalue weighted by molar-refractivity contribution is -0.143. The zero-order chi connectivity index (χ0) is 20.0. The number of nitrogens with zero attached hydrogens (tertiary/aromatic N) is 3. The number of nitrogens with one attached hydrogen (secondary N) is 1. The van der Waals surface area contributed by atoms with Gasteiger partial charge in [0.2, 0.25) is 10.0 Å². The molecule has 0 atom stereocenters. The lowest BCUT2D eigenvalue weighted by atomic mass is 10.2. The second-order valence-corrected chi connectivity index (χ2v) is 7.51. The normalized spacial score (nSPS) is 11.0. The van der Waals surface area contributed by atoms with Crippen molar-refractivity contribution in [1.82, 2.24) is 14.5 Å². The van der Waals surface area contributed by atoms with E-state index in [4.69, 9.17) is 10.00 Å². The molecule has 0 amide bonds. The first-order valence-electron chi connectivity index (χ1n) is 8.22. The van der Waals surface area contributed by atoms with Crippen molar-refractivity contribution in [3.63, 3.8) is 0 Å². The maximum absolute atomic E-state index is 12.2. The van der Waals surface area contributed by atoms with E-state index in [2.05, 4.69) is 9.82 Å². The van der Waals surface area contributed by atoms with Gasteiger partial charge in [-0.3, -0.25) is 4.79 Å². The maximum atomic E-state index is 12.2. The summed E-state index contributed by atoms with van der Waals surface area (Å²) in [5.41, 5.74) is 1.98. The van der Waals surface area contributed by atoms with E-state index in [1.165, 1.54) is 24.3 Å². The minimum Gasteiger partial charge on any atom is -0.460 e. The number of nitriles is 1. The predicted molar refractivity (Wildman–Crippen MR) is 99.7 cm³/mol. The van der Waals surface area contributed by atoms with Crippen LogP contribution in [0.5, 0.6) is 0 Å². The first-order chi connectivity index (χ1) is 13.5. The Morgan fingerprint density at radius 3 is 2.46 bits per heavy atom. The molecule has 0 aliphatic heterocycles. The number of esters is 1. The molecule has 9 heteroatoms. The largest absolute Gasteiger partial charge is 0.460 e. The van der Waals surface area contributed by atoms with Crippen LogP contribution in [0.15, 0.2) is 71.9 Å². The summed E-state index contributed by atoms with van der Waals surface area (Å²) in [6.45, 7) is -0.468. The number of carbonyl (C=O) groups is 1. The second-order valence-electron chi connectivity index (χ2n) is 5.74. The third kappa shape index (κ3) is 4.82. The molecule has 0 saturated carbocycles. The maximum Gasteiger partial charge on any atom is 0.321 e. The summed E-state index contributed by atoms with van der Waals surface area (Å²) in [5.74, 6) is -0.701. The highest BCUT2D eigenvalue weighted by Crippen LogP contribution is 2.11. The summed E-state index contributed by atoms with van der Waals surface area (Å²) in [4.78, 5) is 11.8. The van der Waals surface area contributed by atoms with Crippen LogP contribution in [0.2, 0.25) is 0 Å². The number of benzene rings is 2. The highest BCUT2D eigenvalue weighted by molar-refractivity contribution is 7.89. The zero-order valence-corrected chi connectivity index (χ0v) is 15.5. The molecule has 0 radical (unpaired) electrons. The fourth-order valence-electron chi connectivity index (χ4n) is 2.33. The number of rotatable bonds is 7. The first-order valence-corrected chi connectivity index (χ1v) is 9.71. The van der Waals surface area contributed by atoms with E-state index < -0.39 is 22.5 Å². The summed E-state index contributed by atoms with van der Waals surface area (Å²) in [6.07, 6.45) is 3.49. The highest BCUT2D eigenvalue weighted by Gasteiger charge is 2.16. The van der Waals surface area contributed by atoms with Crippen LogP contribution in [0, 0.1) is 11.3 Å². The van der Waals surface area contributed by atoms with Crippen molar-refractivity contribution >= 4 is 16.0 Å². The smallest absolute Gasteiger partial charge is 0.321 e. The molecule has 0 saturated heterocycles. The molecular formula is C19H16N4O4S. The SMILES string of the molecule is N#Cc1ccc(S(=O)(=O)NCC(=O)OCc2ccc(-n3cccn3)cc2)cc1. The Morgan fingerprint density at radius 2 is 1.86 bits per heavy atom. The van der Waals surface area contributed by atoms with E-state index in [1.54, 1.807) is 23.0 Å². The van der Waals surface area contributed by atoms with Crippen molar-refractivity contribution in [2.75, 3.05) is 6.54 Å². The summed E-state index contributed by atoms with van der Waals surface area (Å²) in [5, 5.41) is 12.9. The van der Waals surface area contributed by atoms with Crippen molar-refractivity contribution in [3.8, 4) is 11.8 Å². The standard InChI is InChI=1S/C19H16N4O4S/c20-12-15-4-8-18(9-5-15)28(25,26)22-13-19(24)27-14-16-2-6-17(7-3-16)23-11-1-10-21-23/h1-11,22H,13-14H2. The Balaban J connectivity index is 1.50. The molecule has 0 bridgehead atoms. The van der Waals surface area contributed by atoms with Crippen LogP contribution in [0.1, 0.15) is 11.1 Å². The van der Waals surface area contributed by atoms with E-state index in [0.29, 0.717) is 5.56 Å². The molecule has 28 heavy (non-hydrogen) atoms. The fraction of sp³-hybridized carbons (Fsp3) is 0.105. The summed E-state index contributed by atoms with van der Waals surface area (Å²) in [7, 11) is -3.86.